The zero-order valence-electron chi connectivity index (χ0n) is 11.4. The van der Waals surface area contributed by atoms with Crippen molar-refractivity contribution in [3.8, 4) is 5.75 Å². The van der Waals surface area contributed by atoms with Gasteiger partial charge in [0, 0.05) is 6.42 Å². The third kappa shape index (κ3) is 6.45. The van der Waals surface area contributed by atoms with Crippen molar-refractivity contribution in [2.24, 2.45) is 0 Å². The highest BCUT2D eigenvalue weighted by molar-refractivity contribution is 6.32. The van der Waals surface area contributed by atoms with Gasteiger partial charge in [-0.1, -0.05) is 23.7 Å². The standard InChI is InChI=1S/C14H21ClN2O2/c1-11(10-17-14(18)8-5-9-16-2)19-13-7-4-3-6-12(13)15/h3-4,6-7,11,16H,5,8-10H2,1-2H3,(H,17,18). The van der Waals surface area contributed by atoms with Gasteiger partial charge >= 0.3 is 0 Å². The zero-order valence-corrected chi connectivity index (χ0v) is 12.2. The molecule has 1 rings (SSSR count). The Bertz CT molecular complexity index is 399. The van der Waals surface area contributed by atoms with Crippen molar-refractivity contribution in [1.82, 2.24) is 10.6 Å². The molecule has 0 bridgehead atoms. The van der Waals surface area contributed by atoms with Crippen molar-refractivity contribution < 1.29 is 9.53 Å². The van der Waals surface area contributed by atoms with Crippen molar-refractivity contribution in [3.63, 3.8) is 0 Å². The van der Waals surface area contributed by atoms with Gasteiger partial charge in [-0.25, -0.2) is 0 Å². The normalized spacial score (nSPS) is 11.9. The van der Waals surface area contributed by atoms with Gasteiger partial charge < -0.3 is 15.4 Å². The van der Waals surface area contributed by atoms with Gasteiger partial charge in [-0.15, -0.1) is 0 Å². The number of nitrogens with one attached hydrogen (secondary N) is 2. The molecule has 0 aliphatic heterocycles. The van der Waals surface area contributed by atoms with Crippen LogP contribution in [0, 0.1) is 0 Å². The molecule has 0 heterocycles. The van der Waals surface area contributed by atoms with E-state index in [0.29, 0.717) is 23.7 Å². The molecule has 19 heavy (non-hydrogen) atoms. The number of ether oxygens (including phenoxy) is 1. The lowest BCUT2D eigenvalue weighted by molar-refractivity contribution is -0.121. The number of hydrogen-bond donors (Lipinski definition) is 2. The second-order valence-corrected chi connectivity index (χ2v) is 4.78. The highest BCUT2D eigenvalue weighted by Crippen LogP contribution is 2.23. The van der Waals surface area contributed by atoms with Crippen LogP contribution in [0.1, 0.15) is 19.8 Å². The molecule has 0 radical (unpaired) electrons. The van der Waals surface area contributed by atoms with Crippen molar-refractivity contribution in [2.75, 3.05) is 20.1 Å². The SMILES string of the molecule is CNCCCC(=O)NCC(C)Oc1ccccc1Cl. The van der Waals surface area contributed by atoms with Crippen LogP contribution in [0.25, 0.3) is 0 Å². The van der Waals surface area contributed by atoms with Gasteiger partial charge in [-0.2, -0.15) is 0 Å². The summed E-state index contributed by atoms with van der Waals surface area (Å²) in [5, 5.41) is 6.43. The summed E-state index contributed by atoms with van der Waals surface area (Å²) < 4.78 is 5.66. The van der Waals surface area contributed by atoms with Crippen LogP contribution < -0.4 is 15.4 Å². The second kappa shape index (κ2) is 8.77. The number of carbonyl (C=O) groups is 1. The van der Waals surface area contributed by atoms with E-state index in [1.165, 1.54) is 0 Å². The predicted molar refractivity (Wildman–Crippen MR) is 77.7 cm³/mol. The molecule has 0 aliphatic rings. The predicted octanol–water partition coefficient (Wildman–Crippen LogP) is 2.22. The molecule has 1 aromatic carbocycles. The fourth-order valence-corrected chi connectivity index (χ4v) is 1.75. The summed E-state index contributed by atoms with van der Waals surface area (Å²) in [4.78, 5) is 11.5. The molecule has 0 aromatic heterocycles. The van der Waals surface area contributed by atoms with Crippen LogP contribution in [-0.4, -0.2) is 32.1 Å². The van der Waals surface area contributed by atoms with Gasteiger partial charge in [0.1, 0.15) is 11.9 Å². The third-order valence-electron chi connectivity index (χ3n) is 2.58. The second-order valence-electron chi connectivity index (χ2n) is 4.37. The lowest BCUT2D eigenvalue weighted by Gasteiger charge is -2.16. The first kappa shape index (κ1) is 15.8. The smallest absolute Gasteiger partial charge is 0.220 e. The number of halogens is 1. The van der Waals surface area contributed by atoms with E-state index in [-0.39, 0.29) is 12.0 Å². The Kier molecular flexibility index (Phi) is 7.30. The van der Waals surface area contributed by atoms with Crippen LogP contribution in [-0.2, 0) is 4.79 Å². The molecular formula is C14H21ClN2O2. The van der Waals surface area contributed by atoms with E-state index in [2.05, 4.69) is 10.6 Å². The number of amides is 1. The lowest BCUT2D eigenvalue weighted by Crippen LogP contribution is -2.33. The topological polar surface area (TPSA) is 50.4 Å². The van der Waals surface area contributed by atoms with Gasteiger partial charge in [0.2, 0.25) is 5.91 Å². The number of carbonyl (C=O) groups excluding carboxylic acids is 1. The van der Waals surface area contributed by atoms with Crippen molar-refractivity contribution in [1.29, 1.82) is 0 Å². The molecule has 4 nitrogen and oxygen atoms in total. The summed E-state index contributed by atoms with van der Waals surface area (Å²) in [6.45, 7) is 3.22. The fraction of sp³-hybridized carbons (Fsp3) is 0.500. The van der Waals surface area contributed by atoms with Gasteiger partial charge in [0.05, 0.1) is 11.6 Å². The van der Waals surface area contributed by atoms with E-state index in [4.69, 9.17) is 16.3 Å². The average Bonchev–Trinajstić information content (AvgIpc) is 2.39. The summed E-state index contributed by atoms with van der Waals surface area (Å²) in [7, 11) is 1.87. The van der Waals surface area contributed by atoms with Crippen LogP contribution >= 0.6 is 11.6 Å². The molecule has 0 saturated heterocycles. The maximum atomic E-state index is 11.5. The molecule has 0 aliphatic carbocycles. The van der Waals surface area contributed by atoms with Crippen molar-refractivity contribution >= 4 is 17.5 Å². The maximum absolute atomic E-state index is 11.5. The Labute approximate surface area is 119 Å². The van der Waals surface area contributed by atoms with Crippen molar-refractivity contribution in [3.05, 3.63) is 29.3 Å². The first-order valence-electron chi connectivity index (χ1n) is 6.46. The van der Waals surface area contributed by atoms with E-state index in [1.54, 1.807) is 6.07 Å². The summed E-state index contributed by atoms with van der Waals surface area (Å²) in [5.41, 5.74) is 0. The van der Waals surface area contributed by atoms with E-state index in [9.17, 15) is 4.79 Å². The summed E-state index contributed by atoms with van der Waals surface area (Å²) >= 11 is 6.00. The number of benzene rings is 1. The third-order valence-corrected chi connectivity index (χ3v) is 2.89. The minimum atomic E-state index is -0.117. The van der Waals surface area contributed by atoms with Gasteiger partial charge in [-0.3, -0.25) is 4.79 Å². The van der Waals surface area contributed by atoms with E-state index < -0.39 is 0 Å². The Morgan fingerprint density at radius 3 is 2.84 bits per heavy atom. The lowest BCUT2D eigenvalue weighted by atomic mass is 10.3. The molecule has 1 unspecified atom stereocenters. The van der Waals surface area contributed by atoms with E-state index in [0.717, 1.165) is 13.0 Å². The molecule has 0 saturated carbocycles. The molecule has 0 spiro atoms. The molecule has 106 valence electrons. The quantitative estimate of drug-likeness (QED) is 0.720. The van der Waals surface area contributed by atoms with Crippen molar-refractivity contribution in [2.45, 2.75) is 25.9 Å². The molecule has 2 N–H and O–H groups in total. The fourth-order valence-electron chi connectivity index (χ4n) is 1.57. The molecular weight excluding hydrogens is 264 g/mol. The highest BCUT2D eigenvalue weighted by atomic mass is 35.5. The monoisotopic (exact) mass is 284 g/mol. The molecule has 0 fully saturated rings. The molecule has 1 aromatic rings. The Morgan fingerprint density at radius 1 is 1.42 bits per heavy atom. The van der Waals surface area contributed by atoms with Gasteiger partial charge in [0.25, 0.3) is 0 Å². The first-order chi connectivity index (χ1) is 9.13. The van der Waals surface area contributed by atoms with Crippen LogP contribution in [0.4, 0.5) is 0 Å². The Balaban J connectivity index is 2.26. The van der Waals surface area contributed by atoms with Gasteiger partial charge in [-0.05, 0) is 39.1 Å². The van der Waals surface area contributed by atoms with Crippen LogP contribution in [0.3, 0.4) is 0 Å². The largest absolute Gasteiger partial charge is 0.487 e. The number of rotatable bonds is 8. The summed E-state index contributed by atoms with van der Waals surface area (Å²) in [6.07, 6.45) is 1.25. The zero-order chi connectivity index (χ0) is 14.1. The maximum Gasteiger partial charge on any atom is 0.220 e. The number of hydrogen-bond acceptors (Lipinski definition) is 3. The highest BCUT2D eigenvalue weighted by Gasteiger charge is 2.08. The average molecular weight is 285 g/mol. The van der Waals surface area contributed by atoms with E-state index in [1.807, 2.05) is 32.2 Å². The molecule has 5 heteroatoms. The summed E-state index contributed by atoms with van der Waals surface area (Å²) in [6, 6.07) is 7.31. The minimum absolute atomic E-state index is 0.0462. The molecule has 1 amide bonds. The Morgan fingerprint density at radius 2 is 2.16 bits per heavy atom. The summed E-state index contributed by atoms with van der Waals surface area (Å²) in [5.74, 6) is 0.686. The number of para-hydroxylation sites is 1. The minimum Gasteiger partial charge on any atom is -0.487 e. The molecule has 1 atom stereocenters. The van der Waals surface area contributed by atoms with Crippen LogP contribution in [0.2, 0.25) is 5.02 Å². The van der Waals surface area contributed by atoms with Crippen LogP contribution in [0.15, 0.2) is 24.3 Å². The van der Waals surface area contributed by atoms with Crippen LogP contribution in [0.5, 0.6) is 5.75 Å². The van der Waals surface area contributed by atoms with E-state index >= 15 is 0 Å². The Hall–Kier alpha value is -1.26. The van der Waals surface area contributed by atoms with Gasteiger partial charge in [0.15, 0.2) is 0 Å². The first-order valence-corrected chi connectivity index (χ1v) is 6.83.